The van der Waals surface area contributed by atoms with E-state index in [2.05, 4.69) is 9.47 Å². The van der Waals surface area contributed by atoms with E-state index >= 15 is 0 Å². The van der Waals surface area contributed by atoms with Crippen LogP contribution in [-0.2, 0) is 11.3 Å². The first kappa shape index (κ1) is 14.9. The molecule has 6 nitrogen and oxygen atoms in total. The average Bonchev–Trinajstić information content (AvgIpc) is 2.64. The van der Waals surface area contributed by atoms with Crippen LogP contribution in [0.2, 0.25) is 0 Å². The number of primary amides is 1. The van der Waals surface area contributed by atoms with Gasteiger partial charge in [0.1, 0.15) is 12.4 Å². The van der Waals surface area contributed by atoms with Gasteiger partial charge in [-0.2, -0.15) is 0 Å². The SMILES string of the molecule is NC(=O)OCCN1Cc2ccc(OC(F)(F)F)cc2C1=O. The Balaban J connectivity index is 2.05. The Morgan fingerprint density at radius 2 is 2.10 bits per heavy atom. The van der Waals surface area contributed by atoms with E-state index in [1.165, 1.54) is 11.0 Å². The van der Waals surface area contributed by atoms with Crippen LogP contribution in [0, 0.1) is 0 Å². The van der Waals surface area contributed by atoms with Crippen molar-refractivity contribution < 1.29 is 32.2 Å². The smallest absolute Gasteiger partial charge is 0.448 e. The third-order valence-corrected chi connectivity index (χ3v) is 2.80. The molecule has 2 amide bonds. The minimum Gasteiger partial charge on any atom is -0.448 e. The highest BCUT2D eigenvalue weighted by atomic mass is 19.4. The monoisotopic (exact) mass is 304 g/mol. The summed E-state index contributed by atoms with van der Waals surface area (Å²) in [6, 6.07) is 3.58. The maximum absolute atomic E-state index is 12.1. The van der Waals surface area contributed by atoms with Gasteiger partial charge in [-0.15, -0.1) is 13.2 Å². The minimum atomic E-state index is -4.81. The maximum atomic E-state index is 12.1. The molecule has 21 heavy (non-hydrogen) atoms. The van der Waals surface area contributed by atoms with Crippen LogP contribution in [0.15, 0.2) is 18.2 Å². The molecule has 1 heterocycles. The molecule has 1 aromatic carbocycles. The molecule has 0 atom stereocenters. The summed E-state index contributed by atoms with van der Waals surface area (Å²) < 4.78 is 44.7. The number of nitrogens with zero attached hydrogens (tertiary/aromatic N) is 1. The van der Waals surface area contributed by atoms with E-state index in [1.54, 1.807) is 0 Å². The zero-order valence-corrected chi connectivity index (χ0v) is 10.6. The van der Waals surface area contributed by atoms with Gasteiger partial charge in [-0.25, -0.2) is 4.79 Å². The average molecular weight is 304 g/mol. The fraction of sp³-hybridized carbons (Fsp3) is 0.333. The van der Waals surface area contributed by atoms with Gasteiger partial charge in [0.2, 0.25) is 0 Å². The number of fused-ring (bicyclic) bond motifs is 1. The quantitative estimate of drug-likeness (QED) is 0.916. The van der Waals surface area contributed by atoms with Gasteiger partial charge < -0.3 is 20.1 Å². The van der Waals surface area contributed by atoms with Gasteiger partial charge in [-0.3, -0.25) is 4.79 Å². The third-order valence-electron chi connectivity index (χ3n) is 2.80. The van der Waals surface area contributed by atoms with Crippen LogP contribution < -0.4 is 10.5 Å². The van der Waals surface area contributed by atoms with Crippen LogP contribution >= 0.6 is 0 Å². The van der Waals surface area contributed by atoms with Crippen LogP contribution in [0.4, 0.5) is 18.0 Å². The van der Waals surface area contributed by atoms with Gasteiger partial charge >= 0.3 is 12.5 Å². The van der Waals surface area contributed by atoms with E-state index in [0.29, 0.717) is 5.56 Å². The van der Waals surface area contributed by atoms with Crippen molar-refractivity contribution in [2.45, 2.75) is 12.9 Å². The molecule has 0 saturated heterocycles. The van der Waals surface area contributed by atoms with E-state index in [4.69, 9.17) is 5.73 Å². The van der Waals surface area contributed by atoms with Crippen LogP contribution in [-0.4, -0.2) is 36.4 Å². The lowest BCUT2D eigenvalue weighted by molar-refractivity contribution is -0.274. The summed E-state index contributed by atoms with van der Waals surface area (Å²) in [5, 5.41) is 0. The van der Waals surface area contributed by atoms with Gasteiger partial charge in [-0.05, 0) is 17.7 Å². The summed E-state index contributed by atoms with van der Waals surface area (Å²) in [5.74, 6) is -0.907. The standard InChI is InChI=1S/C12H11F3N2O4/c13-12(14,15)21-8-2-1-7-6-17(3-4-20-11(16)19)10(18)9(7)5-8/h1-2,5H,3-4,6H2,(H2,16,19). The van der Waals surface area contributed by atoms with Gasteiger partial charge in [-0.1, -0.05) is 6.07 Å². The highest BCUT2D eigenvalue weighted by Gasteiger charge is 2.33. The Morgan fingerprint density at radius 3 is 2.71 bits per heavy atom. The summed E-state index contributed by atoms with van der Waals surface area (Å²) in [4.78, 5) is 23.8. The largest absolute Gasteiger partial charge is 0.573 e. The lowest BCUT2D eigenvalue weighted by Gasteiger charge is -2.14. The van der Waals surface area contributed by atoms with E-state index < -0.39 is 24.1 Å². The number of halogens is 3. The fourth-order valence-electron chi connectivity index (χ4n) is 1.97. The number of carbonyl (C=O) groups excluding carboxylic acids is 2. The highest BCUT2D eigenvalue weighted by Crippen LogP contribution is 2.29. The lowest BCUT2D eigenvalue weighted by Crippen LogP contribution is -2.29. The summed E-state index contributed by atoms with van der Waals surface area (Å²) in [5.41, 5.74) is 5.50. The first-order chi connectivity index (χ1) is 9.76. The van der Waals surface area contributed by atoms with Gasteiger partial charge in [0.15, 0.2) is 0 Å². The topological polar surface area (TPSA) is 81.9 Å². The molecule has 0 spiro atoms. The van der Waals surface area contributed by atoms with Crippen LogP contribution in [0.25, 0.3) is 0 Å². The molecule has 1 aliphatic heterocycles. The molecule has 0 saturated carbocycles. The van der Waals surface area contributed by atoms with Crippen molar-refractivity contribution in [1.29, 1.82) is 0 Å². The third kappa shape index (κ3) is 3.77. The summed E-state index contributed by atoms with van der Waals surface area (Å²) >= 11 is 0. The fourth-order valence-corrected chi connectivity index (χ4v) is 1.97. The van der Waals surface area contributed by atoms with Crippen LogP contribution in [0.1, 0.15) is 15.9 Å². The first-order valence-corrected chi connectivity index (χ1v) is 5.86. The van der Waals surface area contributed by atoms with E-state index in [9.17, 15) is 22.8 Å². The second kappa shape index (κ2) is 5.51. The summed E-state index contributed by atoms with van der Waals surface area (Å²) in [6.45, 7) is 0.246. The first-order valence-electron chi connectivity index (χ1n) is 5.86. The van der Waals surface area contributed by atoms with Crippen molar-refractivity contribution in [2.24, 2.45) is 5.73 Å². The maximum Gasteiger partial charge on any atom is 0.573 e. The Morgan fingerprint density at radius 1 is 1.38 bits per heavy atom. The normalized spacial score (nSPS) is 14.0. The Labute approximate surface area is 117 Å². The summed E-state index contributed by atoms with van der Waals surface area (Å²) in [7, 11) is 0. The minimum absolute atomic E-state index is 0.0824. The van der Waals surface area contributed by atoms with Crippen LogP contribution in [0.3, 0.4) is 0 Å². The number of nitrogens with two attached hydrogens (primary N) is 1. The molecule has 1 aliphatic rings. The molecule has 1 aromatic rings. The Hall–Kier alpha value is -2.45. The Bertz CT molecular complexity index is 574. The number of hydrogen-bond donors (Lipinski definition) is 1. The second-order valence-corrected chi connectivity index (χ2v) is 4.26. The van der Waals surface area contributed by atoms with Gasteiger partial charge in [0.05, 0.1) is 6.54 Å². The number of hydrogen-bond acceptors (Lipinski definition) is 4. The number of ether oxygens (including phenoxy) is 2. The molecular weight excluding hydrogens is 293 g/mol. The molecule has 0 aliphatic carbocycles. The van der Waals surface area contributed by atoms with E-state index in [1.807, 2.05) is 0 Å². The predicted octanol–water partition coefficient (Wildman–Crippen LogP) is 1.64. The number of rotatable bonds is 4. The zero-order valence-electron chi connectivity index (χ0n) is 10.6. The number of carbonyl (C=O) groups is 2. The number of benzene rings is 1. The molecule has 0 radical (unpaired) electrons. The lowest BCUT2D eigenvalue weighted by atomic mass is 10.1. The highest BCUT2D eigenvalue weighted by molar-refractivity contribution is 5.98. The molecule has 0 fully saturated rings. The van der Waals surface area contributed by atoms with Crippen molar-refractivity contribution in [3.63, 3.8) is 0 Å². The van der Waals surface area contributed by atoms with Gasteiger partial charge in [0, 0.05) is 12.1 Å². The molecule has 2 N–H and O–H groups in total. The molecule has 2 rings (SSSR count). The molecule has 0 bridgehead atoms. The Kier molecular flexibility index (Phi) is 3.92. The van der Waals surface area contributed by atoms with Crippen molar-refractivity contribution in [3.8, 4) is 5.75 Å². The summed E-state index contributed by atoms with van der Waals surface area (Å²) in [6.07, 6.45) is -5.77. The number of alkyl halides is 3. The van der Waals surface area contributed by atoms with Crippen LogP contribution in [0.5, 0.6) is 5.75 Å². The van der Waals surface area contributed by atoms with E-state index in [-0.39, 0.29) is 25.3 Å². The van der Waals surface area contributed by atoms with Crippen molar-refractivity contribution in [3.05, 3.63) is 29.3 Å². The predicted molar refractivity (Wildman–Crippen MR) is 63.4 cm³/mol. The second-order valence-electron chi connectivity index (χ2n) is 4.26. The van der Waals surface area contributed by atoms with E-state index in [0.717, 1.165) is 12.1 Å². The molecule has 0 aromatic heterocycles. The molecule has 9 heteroatoms. The zero-order chi connectivity index (χ0) is 15.6. The van der Waals surface area contributed by atoms with Crippen molar-refractivity contribution in [2.75, 3.05) is 13.2 Å². The van der Waals surface area contributed by atoms with Crippen molar-refractivity contribution in [1.82, 2.24) is 4.90 Å². The van der Waals surface area contributed by atoms with Gasteiger partial charge in [0.25, 0.3) is 5.91 Å². The number of amides is 2. The molecular formula is C12H11F3N2O4. The molecule has 0 unspecified atom stereocenters. The molecule has 114 valence electrons. The van der Waals surface area contributed by atoms with Crippen molar-refractivity contribution >= 4 is 12.0 Å².